The number of aromatic nitrogens is 8. The molecule has 0 aliphatic carbocycles. The Bertz CT molecular complexity index is 3440. The largest absolute Gasteiger partial charge is 0.377 e. The van der Waals surface area contributed by atoms with Crippen molar-refractivity contribution in [1.29, 1.82) is 0 Å². The normalized spacial score (nSPS) is 12.1. The van der Waals surface area contributed by atoms with E-state index in [2.05, 4.69) is 155 Å². The van der Waals surface area contributed by atoms with Crippen molar-refractivity contribution in [2.24, 2.45) is 0 Å². The molecular weight excluding hydrogens is 993 g/mol. The maximum atomic E-state index is 5.82. The quantitative estimate of drug-likeness (QED) is 0.0265. The molecule has 0 spiro atoms. The lowest BCUT2D eigenvalue weighted by molar-refractivity contribution is 0.160. The van der Waals surface area contributed by atoms with Crippen molar-refractivity contribution in [3.8, 4) is 23.7 Å². The molecular formula is C68H66N8O4. The van der Waals surface area contributed by atoms with Gasteiger partial charge < -0.3 is 38.9 Å². The Morgan fingerprint density at radius 3 is 0.850 bits per heavy atom. The smallest absolute Gasteiger partial charge is 0.0816 e. The summed E-state index contributed by atoms with van der Waals surface area (Å²) in [5, 5.41) is 0. The van der Waals surface area contributed by atoms with Crippen LogP contribution >= 0.6 is 0 Å². The van der Waals surface area contributed by atoms with E-state index in [9.17, 15) is 0 Å². The molecule has 4 N–H and O–H groups in total. The van der Waals surface area contributed by atoms with Crippen molar-refractivity contribution in [3.05, 3.63) is 190 Å². The predicted octanol–water partition coefficient (Wildman–Crippen LogP) is 13.6. The molecule has 4 aliphatic rings. The molecule has 10 heterocycles. The van der Waals surface area contributed by atoms with Gasteiger partial charge in [0.1, 0.15) is 0 Å². The molecule has 0 saturated carbocycles. The van der Waals surface area contributed by atoms with Gasteiger partial charge in [0.15, 0.2) is 0 Å². The molecule has 0 atom stereocenters. The second kappa shape index (κ2) is 27.1. The van der Waals surface area contributed by atoms with Crippen molar-refractivity contribution >= 4 is 92.7 Å². The first-order valence-corrected chi connectivity index (χ1v) is 27.5. The Kier molecular flexibility index (Phi) is 18.5. The van der Waals surface area contributed by atoms with E-state index in [-0.39, 0.29) is 0 Å². The van der Waals surface area contributed by atoms with Crippen LogP contribution in [0.4, 0.5) is 0 Å². The summed E-state index contributed by atoms with van der Waals surface area (Å²) in [5.74, 6) is 13.5. The Hall–Kier alpha value is -8.88. The molecule has 12 nitrogen and oxygen atoms in total. The molecule has 0 unspecified atom stereocenters. The minimum atomic E-state index is 0.500. The minimum absolute atomic E-state index is 0.500. The number of aryl methyl sites for hydroxylation is 4. The molecule has 6 aromatic rings. The van der Waals surface area contributed by atoms with Crippen LogP contribution in [-0.4, -0.2) is 92.7 Å². The highest BCUT2D eigenvalue weighted by Crippen LogP contribution is 2.30. The molecule has 0 amide bonds. The number of ether oxygens (including phenoxy) is 4. The highest BCUT2D eigenvalue weighted by atomic mass is 16.5. The van der Waals surface area contributed by atoms with Crippen molar-refractivity contribution < 1.29 is 18.9 Å². The average molecular weight is 1060 g/mol. The van der Waals surface area contributed by atoms with Crippen LogP contribution in [0.1, 0.15) is 105 Å². The van der Waals surface area contributed by atoms with Gasteiger partial charge in [-0.15, -0.1) is 26.3 Å². The second-order valence-electron chi connectivity index (χ2n) is 19.5. The standard InChI is InChI=1S/C68H66N8O4/c1-5-37-77-41-11-17-53-57-25-21-47(69-57)45-48-22-26-58(70-48)54(18-12-42-78-38-6-2)66-34-30-62(74-66)51(61-29-33-65(53)73-61)15-9-10-16-52-63-31-35-67(75-63)55(19-13-43-79-39-7-3)59-27-23-49(71-59)46-50-24-28-60(72-50)56(20-14-44-80-40-8-4)68-36-32-64(52)76-68/h5-8,21-36,45-46,69-72H,1-4,11-14,17-20,37-44H2. The third-order valence-corrected chi connectivity index (χ3v) is 13.8. The Balaban J connectivity index is 1.15. The van der Waals surface area contributed by atoms with Crippen LogP contribution in [0, 0.1) is 23.7 Å². The fourth-order valence-corrected chi connectivity index (χ4v) is 10.1. The van der Waals surface area contributed by atoms with Gasteiger partial charge in [0.05, 0.1) is 83.1 Å². The molecule has 402 valence electrons. The van der Waals surface area contributed by atoms with Gasteiger partial charge in [0.25, 0.3) is 0 Å². The van der Waals surface area contributed by atoms with Crippen LogP contribution in [0.5, 0.6) is 0 Å². The fourth-order valence-electron chi connectivity index (χ4n) is 10.1. The predicted molar refractivity (Wildman–Crippen MR) is 329 cm³/mol. The first-order chi connectivity index (χ1) is 39.5. The lowest BCUT2D eigenvalue weighted by atomic mass is 10.1. The number of nitrogens with one attached hydrogen (secondary N) is 4. The SMILES string of the molecule is C=CCOCCCc1c2nc(c(C#CC#Cc3c4nc(c(CCCOCC=C)c5ccc(cc6ccc([nH]6)c(CCCOCC=C)c6nc3C=C6)[nH]5)C=C4)c3nc(c(CCCOCC=C)c4ccc(cc5ccc1[nH]5)[nH]4)C=C3)C=C2. The van der Waals surface area contributed by atoms with E-state index in [1.807, 2.05) is 24.3 Å². The van der Waals surface area contributed by atoms with Crippen LogP contribution in [-0.2, 0) is 44.6 Å². The van der Waals surface area contributed by atoms with Crippen molar-refractivity contribution in [1.82, 2.24) is 39.9 Å². The summed E-state index contributed by atoms with van der Waals surface area (Å²) >= 11 is 0. The molecule has 16 bridgehead atoms. The van der Waals surface area contributed by atoms with Crippen molar-refractivity contribution in [3.63, 3.8) is 0 Å². The van der Waals surface area contributed by atoms with E-state index < -0.39 is 0 Å². The summed E-state index contributed by atoms with van der Waals surface area (Å²) in [5.41, 5.74) is 19.6. The summed E-state index contributed by atoms with van der Waals surface area (Å²) in [6.45, 7) is 19.6. The van der Waals surface area contributed by atoms with Gasteiger partial charge in [-0.25, -0.2) is 19.9 Å². The summed E-state index contributed by atoms with van der Waals surface area (Å²) in [6.07, 6.45) is 29.6. The van der Waals surface area contributed by atoms with Crippen LogP contribution in [0.25, 0.3) is 92.7 Å². The molecule has 0 aromatic carbocycles. The van der Waals surface area contributed by atoms with Gasteiger partial charge in [0.2, 0.25) is 0 Å². The molecule has 4 aliphatic heterocycles. The fraction of sp³-hybridized carbons (Fsp3) is 0.235. The third-order valence-electron chi connectivity index (χ3n) is 13.8. The van der Waals surface area contributed by atoms with E-state index in [1.54, 1.807) is 24.3 Å². The molecule has 0 radical (unpaired) electrons. The van der Waals surface area contributed by atoms with Gasteiger partial charge >= 0.3 is 0 Å². The van der Waals surface area contributed by atoms with Crippen LogP contribution in [0.15, 0.2) is 111 Å². The number of fused-ring (bicyclic) bond motifs is 16. The zero-order chi connectivity index (χ0) is 54.9. The van der Waals surface area contributed by atoms with Gasteiger partial charge in [-0.1, -0.05) is 24.3 Å². The molecule has 10 rings (SSSR count). The van der Waals surface area contributed by atoms with Crippen LogP contribution < -0.4 is 0 Å². The molecule has 80 heavy (non-hydrogen) atoms. The molecule has 0 fully saturated rings. The first-order valence-electron chi connectivity index (χ1n) is 27.5. The maximum Gasteiger partial charge on any atom is 0.0816 e. The topological polar surface area (TPSA) is 152 Å². The number of rotatable bonds is 24. The zero-order valence-corrected chi connectivity index (χ0v) is 45.3. The van der Waals surface area contributed by atoms with Gasteiger partial charge in [-0.2, -0.15) is 0 Å². The number of nitrogens with zero attached hydrogens (tertiary/aromatic N) is 4. The Labute approximate surface area is 467 Å². The maximum absolute atomic E-state index is 5.82. The highest BCUT2D eigenvalue weighted by molar-refractivity contribution is 5.86. The molecule has 12 heteroatoms. The summed E-state index contributed by atoms with van der Waals surface area (Å²) in [7, 11) is 0. The average Bonchev–Trinajstić information content (AvgIpc) is 4.46. The van der Waals surface area contributed by atoms with Gasteiger partial charge in [0, 0.05) is 92.8 Å². The number of aromatic amines is 4. The number of H-pyrrole nitrogens is 4. The monoisotopic (exact) mass is 1060 g/mol. The lowest BCUT2D eigenvalue weighted by Gasteiger charge is -2.05. The number of hydrogen-bond donors (Lipinski definition) is 4. The van der Waals surface area contributed by atoms with E-state index >= 15 is 0 Å². The Morgan fingerprint density at radius 2 is 0.600 bits per heavy atom. The van der Waals surface area contributed by atoms with Crippen LogP contribution in [0.2, 0.25) is 0 Å². The first kappa shape index (κ1) is 54.5. The summed E-state index contributed by atoms with van der Waals surface area (Å²) < 4.78 is 23.3. The van der Waals surface area contributed by atoms with Crippen LogP contribution in [0.3, 0.4) is 0 Å². The van der Waals surface area contributed by atoms with Crippen molar-refractivity contribution in [2.45, 2.75) is 51.4 Å². The van der Waals surface area contributed by atoms with E-state index in [4.69, 9.17) is 38.9 Å². The van der Waals surface area contributed by atoms with Gasteiger partial charge in [-0.05, 0) is 184 Å². The van der Waals surface area contributed by atoms with Gasteiger partial charge in [-0.3, -0.25) is 0 Å². The summed E-state index contributed by atoms with van der Waals surface area (Å²) in [4.78, 5) is 35.9. The highest BCUT2D eigenvalue weighted by Gasteiger charge is 2.18. The lowest BCUT2D eigenvalue weighted by Crippen LogP contribution is -1.99. The van der Waals surface area contributed by atoms with E-state index in [0.717, 1.165) is 141 Å². The number of hydrogen-bond acceptors (Lipinski definition) is 8. The third kappa shape index (κ3) is 13.5. The molecule has 0 saturated heterocycles. The zero-order valence-electron chi connectivity index (χ0n) is 45.3. The summed E-state index contributed by atoms with van der Waals surface area (Å²) in [6, 6.07) is 21.2. The Morgan fingerprint density at radius 1 is 0.350 bits per heavy atom. The van der Waals surface area contributed by atoms with E-state index in [1.165, 1.54) is 0 Å². The molecule has 6 aromatic heterocycles. The van der Waals surface area contributed by atoms with E-state index in [0.29, 0.717) is 86.8 Å². The van der Waals surface area contributed by atoms with Crippen molar-refractivity contribution in [2.75, 3.05) is 52.9 Å². The minimum Gasteiger partial charge on any atom is -0.377 e. The second-order valence-corrected chi connectivity index (χ2v) is 19.5.